The zero-order valence-corrected chi connectivity index (χ0v) is 10.3. The lowest BCUT2D eigenvalue weighted by molar-refractivity contribution is 0.983. The van der Waals surface area contributed by atoms with E-state index in [1.807, 2.05) is 6.20 Å². The van der Waals surface area contributed by atoms with Crippen LogP contribution in [0.1, 0.15) is 21.0 Å². The monoisotopic (exact) mass is 232 g/mol. The first-order chi connectivity index (χ1) is 7.79. The number of nitrogens with two attached hydrogens (primary N) is 1. The molecule has 0 radical (unpaired) electrons. The van der Waals surface area contributed by atoms with Gasteiger partial charge in [-0.25, -0.2) is 4.98 Å². The van der Waals surface area contributed by atoms with Crippen molar-refractivity contribution in [1.29, 1.82) is 0 Å². The van der Waals surface area contributed by atoms with Crippen molar-refractivity contribution in [2.45, 2.75) is 19.8 Å². The predicted octanol–water partition coefficient (Wildman–Crippen LogP) is 2.54. The molecule has 1 aromatic heterocycles. The van der Waals surface area contributed by atoms with Crippen LogP contribution in [-0.4, -0.2) is 11.5 Å². The van der Waals surface area contributed by atoms with E-state index in [-0.39, 0.29) is 0 Å². The standard InChI is InChI=1S/C13H16N2S/c1-10-4-2-3-5-11(10)8-13-15-9-12(16-13)6-7-14/h2-5,9H,6-8,14H2,1H3. The Labute approximate surface area is 100 Å². The van der Waals surface area contributed by atoms with Crippen molar-refractivity contribution in [3.05, 3.63) is 51.5 Å². The second-order valence-corrected chi connectivity index (χ2v) is 5.06. The summed E-state index contributed by atoms with van der Waals surface area (Å²) in [5.41, 5.74) is 8.21. The van der Waals surface area contributed by atoms with Gasteiger partial charge in [0.05, 0.1) is 5.01 Å². The Morgan fingerprint density at radius 1 is 1.31 bits per heavy atom. The second kappa shape index (κ2) is 5.23. The molecule has 0 aliphatic heterocycles. The first-order valence-electron chi connectivity index (χ1n) is 5.47. The minimum absolute atomic E-state index is 0.700. The topological polar surface area (TPSA) is 38.9 Å². The average molecular weight is 232 g/mol. The molecule has 0 atom stereocenters. The molecule has 0 fully saturated rings. The van der Waals surface area contributed by atoms with E-state index in [4.69, 9.17) is 5.73 Å². The third kappa shape index (κ3) is 2.68. The average Bonchev–Trinajstić information content (AvgIpc) is 2.70. The van der Waals surface area contributed by atoms with Gasteiger partial charge in [0.1, 0.15) is 0 Å². The van der Waals surface area contributed by atoms with Crippen LogP contribution in [0.2, 0.25) is 0 Å². The molecule has 0 saturated heterocycles. The van der Waals surface area contributed by atoms with Crippen LogP contribution in [-0.2, 0) is 12.8 Å². The Morgan fingerprint density at radius 3 is 2.88 bits per heavy atom. The van der Waals surface area contributed by atoms with Gasteiger partial charge in [0.25, 0.3) is 0 Å². The van der Waals surface area contributed by atoms with Crippen molar-refractivity contribution in [2.24, 2.45) is 5.73 Å². The number of aryl methyl sites for hydroxylation is 1. The van der Waals surface area contributed by atoms with Gasteiger partial charge in [0.15, 0.2) is 0 Å². The van der Waals surface area contributed by atoms with Crippen molar-refractivity contribution in [3.8, 4) is 0 Å². The fourth-order valence-corrected chi connectivity index (χ4v) is 2.62. The summed E-state index contributed by atoms with van der Waals surface area (Å²) >= 11 is 1.77. The first-order valence-corrected chi connectivity index (χ1v) is 6.29. The number of benzene rings is 1. The molecule has 0 bridgehead atoms. The van der Waals surface area contributed by atoms with Gasteiger partial charge in [-0.15, -0.1) is 11.3 Å². The lowest BCUT2D eigenvalue weighted by Gasteiger charge is -2.01. The van der Waals surface area contributed by atoms with E-state index < -0.39 is 0 Å². The van der Waals surface area contributed by atoms with Crippen molar-refractivity contribution in [2.75, 3.05) is 6.54 Å². The number of hydrogen-bond donors (Lipinski definition) is 1. The van der Waals surface area contributed by atoms with E-state index in [9.17, 15) is 0 Å². The maximum absolute atomic E-state index is 5.53. The van der Waals surface area contributed by atoms with Gasteiger partial charge in [-0.2, -0.15) is 0 Å². The van der Waals surface area contributed by atoms with Crippen LogP contribution in [0.25, 0.3) is 0 Å². The molecule has 2 aromatic rings. The second-order valence-electron chi connectivity index (χ2n) is 3.86. The van der Waals surface area contributed by atoms with Crippen molar-refractivity contribution >= 4 is 11.3 Å². The highest BCUT2D eigenvalue weighted by Crippen LogP contribution is 2.18. The largest absolute Gasteiger partial charge is 0.330 e. The van der Waals surface area contributed by atoms with Gasteiger partial charge in [0.2, 0.25) is 0 Å². The van der Waals surface area contributed by atoms with E-state index in [1.54, 1.807) is 11.3 Å². The summed E-state index contributed by atoms with van der Waals surface area (Å²) in [7, 11) is 0. The minimum atomic E-state index is 0.700. The molecule has 0 amide bonds. The molecule has 16 heavy (non-hydrogen) atoms. The third-order valence-corrected chi connectivity index (χ3v) is 3.65. The summed E-state index contributed by atoms with van der Waals surface area (Å²) in [6.45, 7) is 2.84. The van der Waals surface area contributed by atoms with Crippen LogP contribution in [0, 0.1) is 6.92 Å². The lowest BCUT2D eigenvalue weighted by Crippen LogP contribution is -2.00. The highest BCUT2D eigenvalue weighted by Gasteiger charge is 2.04. The number of rotatable bonds is 4. The predicted molar refractivity (Wildman–Crippen MR) is 68.9 cm³/mol. The van der Waals surface area contributed by atoms with Crippen LogP contribution in [0.5, 0.6) is 0 Å². The fourth-order valence-electron chi connectivity index (χ4n) is 1.66. The van der Waals surface area contributed by atoms with Gasteiger partial charge in [0, 0.05) is 17.5 Å². The van der Waals surface area contributed by atoms with Crippen LogP contribution in [0.4, 0.5) is 0 Å². The van der Waals surface area contributed by atoms with Crippen LogP contribution < -0.4 is 5.73 Å². The molecule has 0 aliphatic carbocycles. The summed E-state index contributed by atoms with van der Waals surface area (Å²) < 4.78 is 0. The smallest absolute Gasteiger partial charge is 0.0971 e. The van der Waals surface area contributed by atoms with E-state index in [0.29, 0.717) is 6.54 Å². The Balaban J connectivity index is 2.11. The molecule has 0 saturated carbocycles. The molecular formula is C13H16N2S. The maximum Gasteiger partial charge on any atom is 0.0971 e. The zero-order chi connectivity index (χ0) is 11.4. The third-order valence-electron chi connectivity index (χ3n) is 2.60. The Morgan fingerprint density at radius 2 is 2.12 bits per heavy atom. The highest BCUT2D eigenvalue weighted by atomic mass is 32.1. The molecule has 84 valence electrons. The number of nitrogens with zero attached hydrogens (tertiary/aromatic N) is 1. The van der Waals surface area contributed by atoms with E-state index in [2.05, 4.69) is 36.2 Å². The van der Waals surface area contributed by atoms with Gasteiger partial charge in [-0.05, 0) is 31.0 Å². The molecule has 2 nitrogen and oxygen atoms in total. The van der Waals surface area contributed by atoms with Gasteiger partial charge < -0.3 is 5.73 Å². The molecule has 2 N–H and O–H groups in total. The summed E-state index contributed by atoms with van der Waals surface area (Å²) in [6.07, 6.45) is 3.82. The van der Waals surface area contributed by atoms with Crippen LogP contribution in [0.3, 0.4) is 0 Å². The summed E-state index contributed by atoms with van der Waals surface area (Å²) in [5, 5.41) is 1.18. The van der Waals surface area contributed by atoms with E-state index in [0.717, 1.165) is 12.8 Å². The highest BCUT2D eigenvalue weighted by molar-refractivity contribution is 7.11. The first kappa shape index (κ1) is 11.3. The summed E-state index contributed by atoms with van der Waals surface area (Å²) in [6, 6.07) is 8.46. The number of thiazole rings is 1. The SMILES string of the molecule is Cc1ccccc1Cc1ncc(CCN)s1. The van der Waals surface area contributed by atoms with Crippen LogP contribution >= 0.6 is 11.3 Å². The Kier molecular flexibility index (Phi) is 3.70. The maximum atomic E-state index is 5.53. The molecule has 0 unspecified atom stereocenters. The van der Waals surface area contributed by atoms with Crippen molar-refractivity contribution in [3.63, 3.8) is 0 Å². The minimum Gasteiger partial charge on any atom is -0.330 e. The molecule has 0 aliphatic rings. The van der Waals surface area contributed by atoms with Gasteiger partial charge >= 0.3 is 0 Å². The number of hydrogen-bond acceptors (Lipinski definition) is 3. The molecule has 1 heterocycles. The molecule has 0 spiro atoms. The number of aromatic nitrogens is 1. The molecular weight excluding hydrogens is 216 g/mol. The Bertz CT molecular complexity index is 462. The quantitative estimate of drug-likeness (QED) is 0.880. The molecule has 3 heteroatoms. The van der Waals surface area contributed by atoms with Crippen molar-refractivity contribution < 1.29 is 0 Å². The van der Waals surface area contributed by atoms with Gasteiger partial charge in [-0.1, -0.05) is 24.3 Å². The zero-order valence-electron chi connectivity index (χ0n) is 9.44. The summed E-state index contributed by atoms with van der Waals surface area (Å²) in [4.78, 5) is 5.72. The van der Waals surface area contributed by atoms with E-state index >= 15 is 0 Å². The summed E-state index contributed by atoms with van der Waals surface area (Å²) in [5.74, 6) is 0. The lowest BCUT2D eigenvalue weighted by atomic mass is 10.1. The van der Waals surface area contributed by atoms with Crippen molar-refractivity contribution in [1.82, 2.24) is 4.98 Å². The normalized spacial score (nSPS) is 10.6. The van der Waals surface area contributed by atoms with Gasteiger partial charge in [-0.3, -0.25) is 0 Å². The molecule has 1 aromatic carbocycles. The van der Waals surface area contributed by atoms with Crippen LogP contribution in [0.15, 0.2) is 30.5 Å². The van der Waals surface area contributed by atoms with E-state index in [1.165, 1.54) is 21.0 Å². The fraction of sp³-hybridized carbons (Fsp3) is 0.308. The molecule has 2 rings (SSSR count). The Hall–Kier alpha value is -1.19.